The molecule has 1 aromatic carbocycles. The minimum atomic E-state index is -0.319. The van der Waals surface area contributed by atoms with Crippen LogP contribution < -0.4 is 4.90 Å². The van der Waals surface area contributed by atoms with E-state index in [0.717, 1.165) is 43.5 Å². The molecule has 6 heteroatoms. The zero-order chi connectivity index (χ0) is 17.6. The lowest BCUT2D eigenvalue weighted by Gasteiger charge is -2.30. The zero-order valence-corrected chi connectivity index (χ0v) is 14.5. The van der Waals surface area contributed by atoms with Gasteiger partial charge >= 0.3 is 6.09 Å². The van der Waals surface area contributed by atoms with Gasteiger partial charge in [0.1, 0.15) is 6.61 Å². The first-order chi connectivity index (χ1) is 12.2. The fourth-order valence-electron chi connectivity index (χ4n) is 3.65. The van der Waals surface area contributed by atoms with E-state index in [2.05, 4.69) is 0 Å². The van der Waals surface area contributed by atoms with Crippen molar-refractivity contribution in [1.82, 2.24) is 4.90 Å². The molecule has 3 rings (SSSR count). The Kier molecular flexibility index (Phi) is 5.91. The topological polar surface area (TPSA) is 70.1 Å². The van der Waals surface area contributed by atoms with Gasteiger partial charge in [0.05, 0.1) is 13.0 Å². The second-order valence-corrected chi connectivity index (χ2v) is 6.71. The number of rotatable bonds is 5. The fourth-order valence-corrected chi connectivity index (χ4v) is 3.65. The number of anilines is 1. The summed E-state index contributed by atoms with van der Waals surface area (Å²) in [5.41, 5.74) is 1.74. The zero-order valence-electron chi connectivity index (χ0n) is 14.5. The maximum atomic E-state index is 12.8. The molecule has 1 unspecified atom stereocenters. The number of hydrogen-bond acceptors (Lipinski definition) is 4. The van der Waals surface area contributed by atoms with E-state index in [9.17, 15) is 14.7 Å². The number of nitrogens with zero attached hydrogens (tertiary/aromatic N) is 2. The molecule has 1 N–H and O–H groups in total. The molecular weight excluding hydrogens is 320 g/mol. The van der Waals surface area contributed by atoms with E-state index in [1.54, 1.807) is 4.90 Å². The van der Waals surface area contributed by atoms with Crippen molar-refractivity contribution in [2.24, 2.45) is 0 Å². The third-order valence-corrected chi connectivity index (χ3v) is 5.02. The van der Waals surface area contributed by atoms with E-state index in [1.165, 1.54) is 0 Å². The quantitative estimate of drug-likeness (QED) is 0.888. The average molecular weight is 346 g/mol. The molecule has 0 saturated carbocycles. The fraction of sp³-hybridized carbons (Fsp3) is 0.579. The Morgan fingerprint density at radius 2 is 1.96 bits per heavy atom. The lowest BCUT2D eigenvalue weighted by molar-refractivity contribution is -0.133. The Balaban J connectivity index is 1.64. The Bertz CT molecular complexity index is 602. The van der Waals surface area contributed by atoms with Gasteiger partial charge in [-0.25, -0.2) is 4.79 Å². The lowest BCUT2D eigenvalue weighted by atomic mass is 10.1. The lowest BCUT2D eigenvalue weighted by Crippen LogP contribution is -2.41. The Labute approximate surface area is 148 Å². The van der Waals surface area contributed by atoms with Crippen LogP contribution in [-0.2, 0) is 16.0 Å². The van der Waals surface area contributed by atoms with Crippen LogP contribution in [0.2, 0.25) is 0 Å². The second kappa shape index (κ2) is 8.34. The van der Waals surface area contributed by atoms with Gasteiger partial charge in [0, 0.05) is 24.9 Å². The van der Waals surface area contributed by atoms with Gasteiger partial charge in [-0.3, -0.25) is 9.69 Å². The SMILES string of the molecule is O=C1OCCN1c1ccc(CC(=O)N2CCCCCC2CCO)cc1. The van der Waals surface area contributed by atoms with Gasteiger partial charge in [0.2, 0.25) is 5.91 Å². The van der Waals surface area contributed by atoms with Crippen molar-refractivity contribution >= 4 is 17.7 Å². The highest BCUT2D eigenvalue weighted by Crippen LogP contribution is 2.22. The molecule has 2 fully saturated rings. The molecule has 2 aliphatic rings. The number of ether oxygens (including phenoxy) is 1. The standard InChI is InChI=1S/C19H26N2O4/c22-12-9-16-4-2-1-3-10-20(16)18(23)14-15-5-7-17(8-6-15)21-11-13-25-19(21)24/h5-8,16,22H,1-4,9-14H2. The van der Waals surface area contributed by atoms with Crippen molar-refractivity contribution in [3.8, 4) is 0 Å². The highest BCUT2D eigenvalue weighted by atomic mass is 16.6. The third-order valence-electron chi connectivity index (χ3n) is 5.02. The van der Waals surface area contributed by atoms with Crippen LogP contribution in [0.4, 0.5) is 10.5 Å². The number of carbonyl (C=O) groups excluding carboxylic acids is 2. The smallest absolute Gasteiger partial charge is 0.414 e. The minimum absolute atomic E-state index is 0.119. The number of cyclic esters (lactones) is 1. The molecule has 2 amide bonds. The summed E-state index contributed by atoms with van der Waals surface area (Å²) in [5.74, 6) is 0.119. The minimum Gasteiger partial charge on any atom is -0.447 e. The van der Waals surface area contributed by atoms with E-state index in [-0.39, 0.29) is 24.6 Å². The molecule has 1 aromatic rings. The third kappa shape index (κ3) is 4.31. The van der Waals surface area contributed by atoms with Gasteiger partial charge in [-0.2, -0.15) is 0 Å². The van der Waals surface area contributed by atoms with Gasteiger partial charge < -0.3 is 14.7 Å². The molecule has 136 valence electrons. The van der Waals surface area contributed by atoms with Gasteiger partial charge in [0.25, 0.3) is 0 Å². The van der Waals surface area contributed by atoms with Gasteiger partial charge in [-0.15, -0.1) is 0 Å². The number of carbonyl (C=O) groups is 2. The summed E-state index contributed by atoms with van der Waals surface area (Å²) in [6.07, 6.45) is 4.96. The summed E-state index contributed by atoms with van der Waals surface area (Å²) in [4.78, 5) is 27.9. The second-order valence-electron chi connectivity index (χ2n) is 6.71. The van der Waals surface area contributed by atoms with Gasteiger partial charge in [-0.05, 0) is 37.0 Å². The largest absolute Gasteiger partial charge is 0.447 e. The van der Waals surface area contributed by atoms with Gasteiger partial charge in [0.15, 0.2) is 0 Å². The number of hydrogen-bond donors (Lipinski definition) is 1. The Morgan fingerprint density at radius 1 is 1.16 bits per heavy atom. The van der Waals surface area contributed by atoms with E-state index in [1.807, 2.05) is 29.2 Å². The summed E-state index contributed by atoms with van der Waals surface area (Å²) in [7, 11) is 0. The van der Waals surface area contributed by atoms with Crippen molar-refractivity contribution in [2.45, 2.75) is 44.6 Å². The van der Waals surface area contributed by atoms with Crippen molar-refractivity contribution < 1.29 is 19.4 Å². The number of likely N-dealkylation sites (tertiary alicyclic amines) is 1. The van der Waals surface area contributed by atoms with Crippen molar-refractivity contribution in [2.75, 3.05) is 31.2 Å². The molecule has 2 saturated heterocycles. The Morgan fingerprint density at radius 3 is 2.64 bits per heavy atom. The van der Waals surface area contributed by atoms with Crippen LogP contribution >= 0.6 is 0 Å². The average Bonchev–Trinajstić information content (AvgIpc) is 2.90. The number of aliphatic hydroxyl groups excluding tert-OH is 1. The van der Waals surface area contributed by atoms with Crippen molar-refractivity contribution in [3.63, 3.8) is 0 Å². The summed E-state index contributed by atoms with van der Waals surface area (Å²) in [6.45, 7) is 1.88. The number of amides is 2. The first-order valence-corrected chi connectivity index (χ1v) is 9.12. The number of aliphatic hydroxyl groups is 1. The monoisotopic (exact) mass is 346 g/mol. The van der Waals surface area contributed by atoms with E-state index >= 15 is 0 Å². The van der Waals surface area contributed by atoms with Crippen LogP contribution in [0, 0.1) is 0 Å². The summed E-state index contributed by atoms with van der Waals surface area (Å²) in [6, 6.07) is 7.68. The van der Waals surface area contributed by atoms with Crippen LogP contribution in [0.3, 0.4) is 0 Å². The highest BCUT2D eigenvalue weighted by molar-refractivity contribution is 5.89. The summed E-state index contributed by atoms with van der Waals surface area (Å²) in [5, 5.41) is 9.28. The molecule has 25 heavy (non-hydrogen) atoms. The molecule has 2 aliphatic heterocycles. The summed E-state index contributed by atoms with van der Waals surface area (Å²) >= 11 is 0. The normalized spacial score (nSPS) is 21.2. The van der Waals surface area contributed by atoms with Crippen molar-refractivity contribution in [3.05, 3.63) is 29.8 Å². The predicted molar refractivity (Wildman–Crippen MR) is 94.5 cm³/mol. The van der Waals surface area contributed by atoms with Crippen LogP contribution in [-0.4, -0.2) is 54.4 Å². The van der Waals surface area contributed by atoms with Crippen LogP contribution in [0.15, 0.2) is 24.3 Å². The maximum absolute atomic E-state index is 12.8. The van der Waals surface area contributed by atoms with Crippen molar-refractivity contribution in [1.29, 1.82) is 0 Å². The van der Waals surface area contributed by atoms with E-state index in [4.69, 9.17) is 4.74 Å². The molecule has 0 aliphatic carbocycles. The van der Waals surface area contributed by atoms with E-state index in [0.29, 0.717) is 26.0 Å². The maximum Gasteiger partial charge on any atom is 0.414 e. The molecule has 0 spiro atoms. The predicted octanol–water partition coefficient (Wildman–Crippen LogP) is 2.34. The highest BCUT2D eigenvalue weighted by Gasteiger charge is 2.26. The van der Waals surface area contributed by atoms with Crippen LogP contribution in [0.5, 0.6) is 0 Å². The first-order valence-electron chi connectivity index (χ1n) is 9.12. The Hall–Kier alpha value is -2.08. The summed E-state index contributed by atoms with van der Waals surface area (Å²) < 4.78 is 4.95. The molecule has 0 bridgehead atoms. The molecular formula is C19H26N2O4. The van der Waals surface area contributed by atoms with E-state index < -0.39 is 0 Å². The molecule has 1 atom stereocenters. The van der Waals surface area contributed by atoms with Crippen LogP contribution in [0.1, 0.15) is 37.7 Å². The molecule has 0 aromatic heterocycles. The van der Waals surface area contributed by atoms with Gasteiger partial charge in [-0.1, -0.05) is 25.0 Å². The molecule has 6 nitrogen and oxygen atoms in total. The molecule has 0 radical (unpaired) electrons. The van der Waals surface area contributed by atoms with Crippen LogP contribution in [0.25, 0.3) is 0 Å². The molecule has 2 heterocycles. The number of benzene rings is 1. The first kappa shape index (κ1) is 17.7.